The lowest BCUT2D eigenvalue weighted by Gasteiger charge is -2.13. The van der Waals surface area contributed by atoms with Crippen molar-refractivity contribution in [2.45, 2.75) is 11.9 Å². The SMILES string of the molecule is Cc1ccc(NC(=O)CSc2nc(N)c(C#N)c(-c3ccccc3)c2C#N)cc1. The van der Waals surface area contributed by atoms with E-state index in [1.165, 1.54) is 0 Å². The van der Waals surface area contributed by atoms with Gasteiger partial charge in [-0.2, -0.15) is 10.5 Å². The summed E-state index contributed by atoms with van der Waals surface area (Å²) in [7, 11) is 0. The van der Waals surface area contributed by atoms with E-state index in [1.807, 2.05) is 55.5 Å². The number of benzene rings is 2. The van der Waals surface area contributed by atoms with E-state index in [1.54, 1.807) is 12.1 Å². The van der Waals surface area contributed by atoms with Crippen molar-refractivity contribution in [1.29, 1.82) is 10.5 Å². The molecule has 2 aromatic carbocycles. The molecule has 1 amide bonds. The molecule has 0 saturated heterocycles. The number of nitriles is 2. The van der Waals surface area contributed by atoms with Crippen LogP contribution in [0, 0.1) is 29.6 Å². The quantitative estimate of drug-likeness (QED) is 0.624. The fourth-order valence-corrected chi connectivity index (χ4v) is 3.56. The molecule has 0 aliphatic carbocycles. The number of thioether (sulfide) groups is 1. The molecular formula is C22H17N5OS. The first-order valence-corrected chi connectivity index (χ1v) is 9.70. The second-order valence-corrected chi connectivity index (χ2v) is 7.18. The van der Waals surface area contributed by atoms with Gasteiger partial charge in [-0.05, 0) is 24.6 Å². The highest BCUT2D eigenvalue weighted by molar-refractivity contribution is 8.00. The van der Waals surface area contributed by atoms with Crippen molar-refractivity contribution in [2.75, 3.05) is 16.8 Å². The summed E-state index contributed by atoms with van der Waals surface area (Å²) >= 11 is 1.11. The molecule has 0 aliphatic heterocycles. The molecule has 0 bridgehead atoms. The number of rotatable bonds is 5. The van der Waals surface area contributed by atoms with Crippen molar-refractivity contribution < 1.29 is 4.79 Å². The van der Waals surface area contributed by atoms with Gasteiger partial charge in [0.15, 0.2) is 0 Å². The molecule has 3 rings (SSSR count). The summed E-state index contributed by atoms with van der Waals surface area (Å²) in [5.74, 6) is -0.143. The number of anilines is 2. The lowest BCUT2D eigenvalue weighted by Crippen LogP contribution is -2.14. The molecule has 7 heteroatoms. The Morgan fingerprint density at radius 3 is 2.34 bits per heavy atom. The lowest BCUT2D eigenvalue weighted by molar-refractivity contribution is -0.113. The van der Waals surface area contributed by atoms with Crippen LogP contribution in [-0.4, -0.2) is 16.6 Å². The number of nitrogens with one attached hydrogen (secondary N) is 1. The van der Waals surface area contributed by atoms with Crippen LogP contribution in [0.4, 0.5) is 11.5 Å². The molecule has 0 unspecified atom stereocenters. The Bertz CT molecular complexity index is 1130. The third kappa shape index (κ3) is 4.55. The fourth-order valence-electron chi connectivity index (χ4n) is 2.76. The minimum absolute atomic E-state index is 0.0341. The highest BCUT2D eigenvalue weighted by atomic mass is 32.2. The van der Waals surface area contributed by atoms with Crippen LogP contribution in [0.15, 0.2) is 59.6 Å². The molecule has 0 saturated carbocycles. The molecule has 3 aromatic rings. The number of amides is 1. The number of nitrogen functional groups attached to an aromatic ring is 1. The topological polar surface area (TPSA) is 116 Å². The van der Waals surface area contributed by atoms with Gasteiger partial charge in [0.1, 0.15) is 28.5 Å². The molecule has 0 aliphatic rings. The zero-order chi connectivity index (χ0) is 20.8. The highest BCUT2D eigenvalue weighted by Gasteiger charge is 2.21. The number of carbonyl (C=O) groups is 1. The second kappa shape index (κ2) is 8.92. The molecule has 6 nitrogen and oxygen atoms in total. The van der Waals surface area contributed by atoms with E-state index in [0.29, 0.717) is 21.8 Å². The van der Waals surface area contributed by atoms with E-state index < -0.39 is 0 Å². The van der Waals surface area contributed by atoms with Gasteiger partial charge >= 0.3 is 0 Å². The number of aromatic nitrogens is 1. The number of pyridine rings is 1. The average Bonchev–Trinajstić information content (AvgIpc) is 2.74. The normalized spacial score (nSPS) is 10.0. The smallest absolute Gasteiger partial charge is 0.234 e. The van der Waals surface area contributed by atoms with Crippen LogP contribution in [0.5, 0.6) is 0 Å². The van der Waals surface area contributed by atoms with E-state index in [2.05, 4.69) is 16.4 Å². The van der Waals surface area contributed by atoms with Gasteiger partial charge in [-0.25, -0.2) is 4.98 Å². The van der Waals surface area contributed by atoms with Gasteiger partial charge in [0, 0.05) is 11.3 Å². The van der Waals surface area contributed by atoms with Crippen molar-refractivity contribution in [3.63, 3.8) is 0 Å². The summed E-state index contributed by atoms with van der Waals surface area (Å²) in [5.41, 5.74) is 9.29. The molecule has 142 valence electrons. The number of nitrogens with zero attached hydrogens (tertiary/aromatic N) is 3. The van der Waals surface area contributed by atoms with Crippen LogP contribution in [0.3, 0.4) is 0 Å². The summed E-state index contributed by atoms with van der Waals surface area (Å²) in [6.07, 6.45) is 0. The Labute approximate surface area is 173 Å². The van der Waals surface area contributed by atoms with Gasteiger partial charge in [-0.3, -0.25) is 4.79 Å². The van der Waals surface area contributed by atoms with Gasteiger partial charge in [-0.15, -0.1) is 0 Å². The van der Waals surface area contributed by atoms with E-state index >= 15 is 0 Å². The summed E-state index contributed by atoms with van der Waals surface area (Å²) in [6.45, 7) is 1.97. The van der Waals surface area contributed by atoms with E-state index in [-0.39, 0.29) is 28.6 Å². The first kappa shape index (κ1) is 19.9. The molecule has 0 spiro atoms. The van der Waals surface area contributed by atoms with Crippen molar-refractivity contribution in [3.8, 4) is 23.3 Å². The van der Waals surface area contributed by atoms with Crippen LogP contribution >= 0.6 is 11.8 Å². The van der Waals surface area contributed by atoms with Crippen LogP contribution in [-0.2, 0) is 4.79 Å². The third-order valence-corrected chi connectivity index (χ3v) is 5.13. The zero-order valence-electron chi connectivity index (χ0n) is 15.6. The Morgan fingerprint density at radius 1 is 1.07 bits per heavy atom. The number of carbonyl (C=O) groups excluding carboxylic acids is 1. The Balaban J connectivity index is 1.89. The fraction of sp³-hybridized carbons (Fsp3) is 0.0909. The van der Waals surface area contributed by atoms with E-state index in [0.717, 1.165) is 17.3 Å². The number of hydrogen-bond donors (Lipinski definition) is 2. The van der Waals surface area contributed by atoms with Crippen molar-refractivity contribution >= 4 is 29.2 Å². The standard InChI is InChI=1S/C22H17N5OS/c1-14-7-9-16(10-8-14)26-19(28)13-29-22-18(12-24)20(15-5-3-2-4-6-15)17(11-23)21(25)27-22/h2-10H,13H2,1H3,(H2,25,27)(H,26,28). The molecule has 0 radical (unpaired) electrons. The maximum Gasteiger partial charge on any atom is 0.234 e. The third-order valence-electron chi connectivity index (χ3n) is 4.15. The molecule has 0 atom stereocenters. The van der Waals surface area contributed by atoms with Gasteiger partial charge in [0.2, 0.25) is 5.91 Å². The molecular weight excluding hydrogens is 382 g/mol. The van der Waals surface area contributed by atoms with Gasteiger partial charge in [0.05, 0.1) is 11.3 Å². The van der Waals surface area contributed by atoms with Crippen LogP contribution < -0.4 is 11.1 Å². The number of hydrogen-bond acceptors (Lipinski definition) is 6. The summed E-state index contributed by atoms with van der Waals surface area (Å²) in [6, 6.07) is 20.7. The highest BCUT2D eigenvalue weighted by Crippen LogP contribution is 2.35. The van der Waals surface area contributed by atoms with Crippen molar-refractivity contribution in [1.82, 2.24) is 4.98 Å². The van der Waals surface area contributed by atoms with Gasteiger partial charge in [0.25, 0.3) is 0 Å². The van der Waals surface area contributed by atoms with Crippen LogP contribution in [0.2, 0.25) is 0 Å². The maximum atomic E-state index is 12.3. The Morgan fingerprint density at radius 2 is 1.72 bits per heavy atom. The van der Waals surface area contributed by atoms with Crippen LogP contribution in [0.25, 0.3) is 11.1 Å². The lowest BCUT2D eigenvalue weighted by atomic mass is 9.97. The summed E-state index contributed by atoms with van der Waals surface area (Å²) < 4.78 is 0. The van der Waals surface area contributed by atoms with Gasteiger partial charge < -0.3 is 11.1 Å². The Kier molecular flexibility index (Phi) is 6.13. The predicted octanol–water partition coefficient (Wildman–Crippen LogP) is 4.11. The number of nitrogens with two attached hydrogens (primary N) is 1. The minimum Gasteiger partial charge on any atom is -0.383 e. The first-order chi connectivity index (χ1) is 14.0. The van der Waals surface area contributed by atoms with Crippen molar-refractivity contribution in [2.24, 2.45) is 0 Å². The molecule has 1 aromatic heterocycles. The minimum atomic E-state index is -0.228. The molecule has 29 heavy (non-hydrogen) atoms. The maximum absolute atomic E-state index is 12.3. The molecule has 1 heterocycles. The average molecular weight is 399 g/mol. The summed E-state index contributed by atoms with van der Waals surface area (Å²) in [5, 5.41) is 22.4. The summed E-state index contributed by atoms with van der Waals surface area (Å²) in [4.78, 5) is 16.5. The monoisotopic (exact) mass is 399 g/mol. The Hall–Kier alpha value is -3.81. The molecule has 3 N–H and O–H groups in total. The van der Waals surface area contributed by atoms with Crippen LogP contribution in [0.1, 0.15) is 16.7 Å². The van der Waals surface area contributed by atoms with Gasteiger partial charge in [-0.1, -0.05) is 59.8 Å². The number of aryl methyl sites for hydroxylation is 1. The first-order valence-electron chi connectivity index (χ1n) is 8.72. The van der Waals surface area contributed by atoms with E-state index in [4.69, 9.17) is 5.73 Å². The predicted molar refractivity (Wildman–Crippen MR) is 114 cm³/mol. The largest absolute Gasteiger partial charge is 0.383 e. The van der Waals surface area contributed by atoms with Crippen molar-refractivity contribution in [3.05, 3.63) is 71.3 Å². The molecule has 0 fully saturated rings. The van der Waals surface area contributed by atoms with E-state index in [9.17, 15) is 15.3 Å². The zero-order valence-corrected chi connectivity index (χ0v) is 16.5. The second-order valence-electron chi connectivity index (χ2n) is 6.22.